The van der Waals surface area contributed by atoms with Crippen LogP contribution in [0.4, 0.5) is 0 Å². The maximum Gasteiger partial charge on any atom is 0.107 e. The Hall–Kier alpha value is -0.0800. The lowest BCUT2D eigenvalue weighted by molar-refractivity contribution is 0.179. The Labute approximate surface area is 80.2 Å². The second kappa shape index (κ2) is 2.71. The van der Waals surface area contributed by atoms with Crippen molar-refractivity contribution in [3.05, 3.63) is 0 Å². The van der Waals surface area contributed by atoms with Crippen LogP contribution in [0, 0.1) is 5.92 Å². The first-order valence-corrected chi connectivity index (χ1v) is 5.72. The lowest BCUT2D eigenvalue weighted by atomic mass is 9.95. The summed E-state index contributed by atoms with van der Waals surface area (Å²) >= 11 is 0. The number of likely N-dealkylation sites (tertiary alicyclic amines) is 1. The van der Waals surface area contributed by atoms with Gasteiger partial charge in [-0.15, -0.1) is 0 Å². The van der Waals surface area contributed by atoms with Gasteiger partial charge in [0, 0.05) is 19.6 Å². The monoisotopic (exact) mass is 181 g/mol. The molecule has 74 valence electrons. The minimum Gasteiger partial charge on any atom is -0.365 e. The van der Waals surface area contributed by atoms with E-state index in [9.17, 15) is 0 Å². The largest absolute Gasteiger partial charge is 0.365 e. The van der Waals surface area contributed by atoms with Crippen LogP contribution in [0.25, 0.3) is 0 Å². The van der Waals surface area contributed by atoms with Gasteiger partial charge in [0.15, 0.2) is 0 Å². The number of epoxide rings is 1. The molecule has 1 saturated carbocycles. The molecule has 0 radical (unpaired) electrons. The number of ether oxygens (including phenoxy) is 1. The van der Waals surface area contributed by atoms with Crippen LogP contribution < -0.4 is 0 Å². The van der Waals surface area contributed by atoms with Crippen LogP contribution in [-0.4, -0.2) is 36.2 Å². The number of hydrogen-bond donors (Lipinski definition) is 0. The minimum absolute atomic E-state index is 0.299. The molecule has 3 fully saturated rings. The highest BCUT2D eigenvalue weighted by Gasteiger charge is 2.57. The third-order valence-electron chi connectivity index (χ3n) is 3.92. The molecule has 3 aliphatic rings. The Morgan fingerprint density at radius 3 is 2.92 bits per heavy atom. The standard InChI is InChI=1S/C11H19NO/c1-2-11-8-12(7-9-3-4-9)6-5-10(11)13-11/h9-10H,2-8H2,1H3/t10-,11+/m0/s1. The number of hydrogen-bond acceptors (Lipinski definition) is 2. The van der Waals surface area contributed by atoms with Gasteiger partial charge in [-0.2, -0.15) is 0 Å². The Morgan fingerprint density at radius 1 is 1.38 bits per heavy atom. The van der Waals surface area contributed by atoms with Gasteiger partial charge in [-0.05, 0) is 31.6 Å². The van der Waals surface area contributed by atoms with Gasteiger partial charge in [0.2, 0.25) is 0 Å². The van der Waals surface area contributed by atoms with Crippen molar-refractivity contribution in [3.63, 3.8) is 0 Å². The zero-order valence-electron chi connectivity index (χ0n) is 8.46. The molecule has 2 aliphatic heterocycles. The summed E-state index contributed by atoms with van der Waals surface area (Å²) in [6.07, 6.45) is 6.05. The third-order valence-corrected chi connectivity index (χ3v) is 3.92. The molecule has 13 heavy (non-hydrogen) atoms. The first-order valence-electron chi connectivity index (χ1n) is 5.72. The van der Waals surface area contributed by atoms with Crippen LogP contribution in [0.3, 0.4) is 0 Å². The van der Waals surface area contributed by atoms with Crippen molar-refractivity contribution in [2.24, 2.45) is 5.92 Å². The highest BCUT2D eigenvalue weighted by molar-refractivity contribution is 5.07. The van der Waals surface area contributed by atoms with Gasteiger partial charge in [0.25, 0.3) is 0 Å². The summed E-state index contributed by atoms with van der Waals surface area (Å²) in [4.78, 5) is 2.63. The number of fused-ring (bicyclic) bond motifs is 1. The Kier molecular flexibility index (Phi) is 1.72. The predicted molar refractivity (Wildman–Crippen MR) is 51.7 cm³/mol. The summed E-state index contributed by atoms with van der Waals surface area (Å²) in [6, 6.07) is 0. The number of rotatable bonds is 3. The molecule has 0 N–H and O–H groups in total. The molecule has 0 amide bonds. The highest BCUT2D eigenvalue weighted by Crippen LogP contribution is 2.46. The molecule has 3 rings (SSSR count). The van der Waals surface area contributed by atoms with Gasteiger partial charge in [0.05, 0.1) is 6.10 Å². The van der Waals surface area contributed by atoms with Crippen molar-refractivity contribution in [1.29, 1.82) is 0 Å². The van der Waals surface area contributed by atoms with E-state index in [0.717, 1.165) is 5.92 Å². The van der Waals surface area contributed by atoms with Gasteiger partial charge in [-0.3, -0.25) is 4.90 Å². The summed E-state index contributed by atoms with van der Waals surface area (Å²) in [5, 5.41) is 0. The molecule has 2 heteroatoms. The second-order valence-corrected chi connectivity index (χ2v) is 4.99. The number of piperidine rings is 1. The zero-order chi connectivity index (χ0) is 8.89. The van der Waals surface area contributed by atoms with Crippen LogP contribution in [0.15, 0.2) is 0 Å². The topological polar surface area (TPSA) is 15.8 Å². The van der Waals surface area contributed by atoms with Crippen molar-refractivity contribution in [1.82, 2.24) is 4.90 Å². The maximum atomic E-state index is 5.81. The van der Waals surface area contributed by atoms with Gasteiger partial charge < -0.3 is 4.74 Å². The quantitative estimate of drug-likeness (QED) is 0.615. The van der Waals surface area contributed by atoms with Crippen LogP contribution in [0.5, 0.6) is 0 Å². The average Bonchev–Trinajstić information content (AvgIpc) is 2.98. The fourth-order valence-corrected chi connectivity index (χ4v) is 2.71. The van der Waals surface area contributed by atoms with Crippen molar-refractivity contribution >= 4 is 0 Å². The van der Waals surface area contributed by atoms with Crippen LogP contribution in [-0.2, 0) is 4.74 Å². The Bertz CT molecular complexity index is 214. The van der Waals surface area contributed by atoms with E-state index in [1.54, 1.807) is 0 Å². The molecule has 2 heterocycles. The molecular weight excluding hydrogens is 162 g/mol. The first kappa shape index (κ1) is 8.25. The molecule has 0 unspecified atom stereocenters. The number of nitrogens with zero attached hydrogens (tertiary/aromatic N) is 1. The Morgan fingerprint density at radius 2 is 2.23 bits per heavy atom. The van der Waals surface area contributed by atoms with E-state index >= 15 is 0 Å². The van der Waals surface area contributed by atoms with Crippen molar-refractivity contribution in [3.8, 4) is 0 Å². The lowest BCUT2D eigenvalue weighted by Crippen LogP contribution is -2.42. The summed E-state index contributed by atoms with van der Waals surface area (Å²) < 4.78 is 5.81. The van der Waals surface area contributed by atoms with Crippen molar-refractivity contribution in [2.75, 3.05) is 19.6 Å². The molecule has 0 spiro atoms. The molecular formula is C11H19NO. The molecule has 0 bridgehead atoms. The molecule has 1 aliphatic carbocycles. The second-order valence-electron chi connectivity index (χ2n) is 4.99. The van der Waals surface area contributed by atoms with Crippen molar-refractivity contribution < 1.29 is 4.74 Å². The van der Waals surface area contributed by atoms with E-state index in [4.69, 9.17) is 4.74 Å². The SMILES string of the molecule is CC[C@@]12CN(CC3CC3)CC[C@@H]1O2. The van der Waals surface area contributed by atoms with E-state index in [0.29, 0.717) is 11.7 Å². The van der Waals surface area contributed by atoms with E-state index in [2.05, 4.69) is 11.8 Å². The minimum atomic E-state index is 0.299. The predicted octanol–water partition coefficient (Wildman–Crippen LogP) is 1.65. The van der Waals surface area contributed by atoms with Crippen LogP contribution in [0.1, 0.15) is 32.6 Å². The summed E-state index contributed by atoms with van der Waals surface area (Å²) in [5.41, 5.74) is 0.299. The fraction of sp³-hybridized carbons (Fsp3) is 1.00. The summed E-state index contributed by atoms with van der Waals surface area (Å²) in [7, 11) is 0. The summed E-state index contributed by atoms with van der Waals surface area (Å²) in [5.74, 6) is 1.03. The molecule has 0 aromatic rings. The van der Waals surface area contributed by atoms with E-state index in [1.165, 1.54) is 45.3 Å². The van der Waals surface area contributed by atoms with Crippen LogP contribution >= 0.6 is 0 Å². The fourth-order valence-electron chi connectivity index (χ4n) is 2.71. The van der Waals surface area contributed by atoms with E-state index in [1.807, 2.05) is 0 Å². The Balaban J connectivity index is 1.59. The van der Waals surface area contributed by atoms with Gasteiger partial charge >= 0.3 is 0 Å². The first-order chi connectivity index (χ1) is 6.32. The molecule has 2 saturated heterocycles. The highest BCUT2D eigenvalue weighted by atomic mass is 16.6. The zero-order valence-corrected chi connectivity index (χ0v) is 8.46. The van der Waals surface area contributed by atoms with E-state index in [-0.39, 0.29) is 0 Å². The van der Waals surface area contributed by atoms with E-state index < -0.39 is 0 Å². The molecule has 2 nitrogen and oxygen atoms in total. The van der Waals surface area contributed by atoms with Gasteiger partial charge in [-0.25, -0.2) is 0 Å². The summed E-state index contributed by atoms with van der Waals surface area (Å²) in [6.45, 7) is 6.10. The van der Waals surface area contributed by atoms with Gasteiger partial charge in [0.1, 0.15) is 5.60 Å². The third kappa shape index (κ3) is 1.40. The van der Waals surface area contributed by atoms with Crippen LogP contribution in [0.2, 0.25) is 0 Å². The molecule has 0 aromatic heterocycles. The average molecular weight is 181 g/mol. The normalized spacial score (nSPS) is 44.5. The smallest absolute Gasteiger partial charge is 0.107 e. The molecule has 0 aromatic carbocycles. The van der Waals surface area contributed by atoms with Gasteiger partial charge in [-0.1, -0.05) is 6.92 Å². The maximum absolute atomic E-state index is 5.81. The lowest BCUT2D eigenvalue weighted by Gasteiger charge is -2.29. The molecule has 2 atom stereocenters. The van der Waals surface area contributed by atoms with Crippen molar-refractivity contribution in [2.45, 2.75) is 44.3 Å².